The molecule has 15 heteroatoms. The third-order valence-corrected chi connectivity index (χ3v) is 8.81. The minimum absolute atomic E-state index is 0.107. The van der Waals surface area contributed by atoms with Crippen LogP contribution in [0.2, 0.25) is 0 Å². The molecular weight excluding hydrogens is 617 g/mol. The highest BCUT2D eigenvalue weighted by Gasteiger charge is 2.46. The van der Waals surface area contributed by atoms with Crippen molar-refractivity contribution in [3.05, 3.63) is 77.6 Å². The average molecular weight is 651 g/mol. The van der Waals surface area contributed by atoms with E-state index in [1.54, 1.807) is 49.5 Å². The number of carbonyl (C=O) groups is 2. The normalized spacial score (nSPS) is 18.3. The number of hydrogen-bond acceptors (Lipinski definition) is 9. The highest BCUT2D eigenvalue weighted by Crippen LogP contribution is 2.43. The maximum atomic E-state index is 14.8. The van der Waals surface area contributed by atoms with Crippen LogP contribution in [0.15, 0.2) is 60.8 Å². The molecule has 1 amide bonds. The number of nitrogens with one attached hydrogen (secondary N) is 1. The summed E-state index contributed by atoms with van der Waals surface area (Å²) in [6.07, 6.45) is -3.92. The molecule has 47 heavy (non-hydrogen) atoms. The van der Waals surface area contributed by atoms with Crippen LogP contribution in [0.1, 0.15) is 47.0 Å². The largest absolute Gasteiger partial charge is 0.480 e. The molecule has 4 aromatic rings. The summed E-state index contributed by atoms with van der Waals surface area (Å²) in [5.41, 5.74) is 13.1. The summed E-state index contributed by atoms with van der Waals surface area (Å²) in [5.74, 6) is -1.81. The number of aryl methyl sites for hydroxylation is 1. The Balaban J connectivity index is 1.31. The Kier molecular flexibility index (Phi) is 8.26. The van der Waals surface area contributed by atoms with Gasteiger partial charge in [0.15, 0.2) is 0 Å². The lowest BCUT2D eigenvalue weighted by atomic mass is 9.76. The first kappa shape index (κ1) is 31.8. The van der Waals surface area contributed by atoms with E-state index >= 15 is 0 Å². The van der Waals surface area contributed by atoms with Crippen molar-refractivity contribution in [2.24, 2.45) is 11.1 Å². The number of nitrogen functional groups attached to an aromatic ring is 1. The van der Waals surface area contributed by atoms with Gasteiger partial charge in [0.1, 0.15) is 11.9 Å². The Labute approximate surface area is 267 Å². The van der Waals surface area contributed by atoms with Gasteiger partial charge in [-0.15, -0.1) is 0 Å². The predicted octanol–water partition coefficient (Wildman–Crippen LogP) is 4.03. The summed E-state index contributed by atoms with van der Waals surface area (Å²) in [4.78, 5) is 33.4. The number of carboxylic acid groups (broad SMARTS) is 1. The Morgan fingerprint density at radius 2 is 1.83 bits per heavy atom. The summed E-state index contributed by atoms with van der Waals surface area (Å²) in [6.45, 7) is 3.32. The van der Waals surface area contributed by atoms with E-state index in [-0.39, 0.29) is 34.1 Å². The zero-order chi connectivity index (χ0) is 33.5. The first-order valence-corrected chi connectivity index (χ1v) is 15.0. The van der Waals surface area contributed by atoms with Gasteiger partial charge < -0.3 is 31.5 Å². The number of rotatable bonds is 8. The SMILES string of the molecule is Cc1ccn(-c2cc(-c3cccc(C(N)=O)c3)ccc2[C@@H](Oc2cc(N3CCC4(CC3)CNC(C(=O)O)C4)nc(N)n2)C(F)(F)F)n1. The second-order valence-electron chi connectivity index (χ2n) is 12.0. The van der Waals surface area contributed by atoms with Crippen LogP contribution in [0.3, 0.4) is 0 Å². The van der Waals surface area contributed by atoms with Crippen LogP contribution >= 0.6 is 0 Å². The molecule has 246 valence electrons. The smallest absolute Gasteiger partial charge is 0.429 e. The molecule has 0 bridgehead atoms. The Morgan fingerprint density at radius 3 is 2.47 bits per heavy atom. The fourth-order valence-electron chi connectivity index (χ4n) is 6.31. The van der Waals surface area contributed by atoms with Gasteiger partial charge in [-0.3, -0.25) is 9.59 Å². The molecule has 0 radical (unpaired) electrons. The zero-order valence-corrected chi connectivity index (χ0v) is 25.4. The van der Waals surface area contributed by atoms with Crippen LogP contribution in [-0.2, 0) is 4.79 Å². The number of carboxylic acids is 1. The van der Waals surface area contributed by atoms with E-state index in [9.17, 15) is 27.9 Å². The summed E-state index contributed by atoms with van der Waals surface area (Å²) in [6, 6.07) is 13.2. The molecule has 12 nitrogen and oxygen atoms in total. The molecule has 0 aliphatic carbocycles. The van der Waals surface area contributed by atoms with Crippen LogP contribution in [0.4, 0.5) is 24.9 Å². The standard InChI is InChI=1S/C32H33F3N8O4/c1-18-7-10-43(41-18)24-14-20(19-3-2-4-21(13-19)28(36)44)5-6-22(24)27(32(33,34)35)47-26-15-25(39-30(37)40-26)42-11-8-31(9-12-42)16-23(29(45)46)38-17-31/h2-7,10,13-15,23,27,38H,8-9,11-12,16-17H2,1H3,(H2,36,44)(H,45,46)(H2,37,39,40)/t23?,27-/m1/s1. The summed E-state index contributed by atoms with van der Waals surface area (Å²) < 4.78 is 51.5. The molecule has 6 rings (SSSR count). The van der Waals surface area contributed by atoms with E-state index in [4.69, 9.17) is 16.2 Å². The maximum Gasteiger partial charge on any atom is 0.429 e. The molecule has 2 atom stereocenters. The number of primary amides is 1. The average Bonchev–Trinajstić information content (AvgIpc) is 3.66. The number of hydrogen-bond donors (Lipinski definition) is 4. The number of anilines is 2. The number of benzene rings is 2. The number of nitrogens with two attached hydrogens (primary N) is 2. The Hall–Kier alpha value is -5.18. The van der Waals surface area contributed by atoms with Gasteiger partial charge in [-0.2, -0.15) is 28.2 Å². The van der Waals surface area contributed by atoms with Crippen molar-refractivity contribution in [1.29, 1.82) is 0 Å². The van der Waals surface area contributed by atoms with Crippen LogP contribution in [0.25, 0.3) is 16.8 Å². The van der Waals surface area contributed by atoms with Crippen LogP contribution in [0, 0.1) is 12.3 Å². The lowest BCUT2D eigenvalue weighted by Gasteiger charge is -2.39. The molecule has 1 spiro atoms. The molecule has 0 saturated carbocycles. The highest BCUT2D eigenvalue weighted by atomic mass is 19.4. The fourth-order valence-corrected chi connectivity index (χ4v) is 6.31. The first-order chi connectivity index (χ1) is 22.3. The molecule has 2 saturated heterocycles. The number of aromatic nitrogens is 4. The first-order valence-electron chi connectivity index (χ1n) is 15.0. The lowest BCUT2D eigenvalue weighted by molar-refractivity contribution is -0.198. The van der Waals surface area contributed by atoms with Gasteiger partial charge in [0, 0.05) is 43.0 Å². The molecule has 2 aromatic heterocycles. The van der Waals surface area contributed by atoms with Crippen molar-refractivity contribution in [3.63, 3.8) is 0 Å². The molecule has 2 aromatic carbocycles. The number of halogens is 3. The number of aliphatic carboxylic acids is 1. The molecule has 4 heterocycles. The Bertz CT molecular complexity index is 1820. The second kappa shape index (κ2) is 12.2. The second-order valence-corrected chi connectivity index (χ2v) is 12.0. The van der Waals surface area contributed by atoms with Crippen LogP contribution in [-0.4, -0.2) is 68.6 Å². The van der Waals surface area contributed by atoms with Gasteiger partial charge in [0.05, 0.1) is 11.4 Å². The molecule has 6 N–H and O–H groups in total. The van der Waals surface area contributed by atoms with Gasteiger partial charge in [0.2, 0.25) is 23.8 Å². The van der Waals surface area contributed by atoms with Crippen molar-refractivity contribution in [3.8, 4) is 22.7 Å². The van der Waals surface area contributed by atoms with Crippen LogP contribution < -0.4 is 26.4 Å². The van der Waals surface area contributed by atoms with E-state index in [0.29, 0.717) is 61.5 Å². The quantitative estimate of drug-likeness (QED) is 0.218. The van der Waals surface area contributed by atoms with Gasteiger partial charge in [0.25, 0.3) is 0 Å². The fraction of sp³-hybridized carbons (Fsp3) is 0.344. The van der Waals surface area contributed by atoms with E-state index in [1.807, 2.05) is 4.90 Å². The van der Waals surface area contributed by atoms with E-state index < -0.39 is 30.2 Å². The minimum atomic E-state index is -4.88. The van der Waals surface area contributed by atoms with Crippen molar-refractivity contribution in [1.82, 2.24) is 25.1 Å². The molecule has 2 aliphatic rings. The minimum Gasteiger partial charge on any atom is -0.480 e. The molecule has 2 aliphatic heterocycles. The van der Waals surface area contributed by atoms with Gasteiger partial charge >= 0.3 is 12.1 Å². The Morgan fingerprint density at radius 1 is 1.09 bits per heavy atom. The number of nitrogens with zero attached hydrogens (tertiary/aromatic N) is 5. The van der Waals surface area contributed by atoms with Crippen molar-refractivity contribution in [2.45, 2.75) is 44.5 Å². The number of piperidine rings is 1. The summed E-state index contributed by atoms with van der Waals surface area (Å²) in [7, 11) is 0. The van der Waals surface area contributed by atoms with E-state index in [1.165, 1.54) is 22.9 Å². The molecule has 1 unspecified atom stereocenters. The maximum absolute atomic E-state index is 14.8. The van der Waals surface area contributed by atoms with E-state index in [0.717, 1.165) is 0 Å². The van der Waals surface area contributed by atoms with Gasteiger partial charge in [-0.25, -0.2) is 4.68 Å². The number of ether oxygens (including phenoxy) is 1. The van der Waals surface area contributed by atoms with Gasteiger partial charge in [-0.1, -0.05) is 24.3 Å². The lowest BCUT2D eigenvalue weighted by Crippen LogP contribution is -2.41. The third kappa shape index (κ3) is 6.70. The van der Waals surface area contributed by atoms with Crippen LogP contribution in [0.5, 0.6) is 5.88 Å². The number of alkyl halides is 3. The van der Waals surface area contributed by atoms with Gasteiger partial charge in [-0.05, 0) is 67.0 Å². The van der Waals surface area contributed by atoms with Crippen molar-refractivity contribution in [2.75, 3.05) is 30.3 Å². The third-order valence-electron chi connectivity index (χ3n) is 8.81. The topological polar surface area (TPSA) is 175 Å². The number of carbonyl (C=O) groups excluding carboxylic acids is 1. The van der Waals surface area contributed by atoms with Crippen molar-refractivity contribution >= 4 is 23.6 Å². The highest BCUT2D eigenvalue weighted by molar-refractivity contribution is 5.94. The summed E-state index contributed by atoms with van der Waals surface area (Å²) in [5, 5.41) is 16.8. The number of amides is 1. The summed E-state index contributed by atoms with van der Waals surface area (Å²) >= 11 is 0. The zero-order valence-electron chi connectivity index (χ0n) is 25.4. The predicted molar refractivity (Wildman–Crippen MR) is 166 cm³/mol. The van der Waals surface area contributed by atoms with Crippen molar-refractivity contribution < 1.29 is 32.6 Å². The monoisotopic (exact) mass is 650 g/mol. The van der Waals surface area contributed by atoms with E-state index in [2.05, 4.69) is 20.4 Å². The molecular formula is C32H33F3N8O4. The molecule has 2 fully saturated rings.